The van der Waals surface area contributed by atoms with Crippen molar-refractivity contribution in [2.45, 2.75) is 25.7 Å². The summed E-state index contributed by atoms with van der Waals surface area (Å²) in [5.41, 5.74) is 5.87. The van der Waals surface area contributed by atoms with E-state index in [1.165, 1.54) is 6.07 Å². The molecule has 0 atom stereocenters. The van der Waals surface area contributed by atoms with E-state index in [2.05, 4.69) is 0 Å². The van der Waals surface area contributed by atoms with E-state index in [0.717, 1.165) is 31.4 Å². The average molecular weight is 270 g/mol. The van der Waals surface area contributed by atoms with Crippen LogP contribution in [0.4, 0.5) is 8.78 Å². The summed E-state index contributed by atoms with van der Waals surface area (Å²) >= 11 is 0. The number of unbranched alkanes of at least 4 members (excludes halogenated alkanes) is 2. The van der Waals surface area contributed by atoms with Crippen molar-refractivity contribution in [1.29, 1.82) is 0 Å². The third-order valence-electron chi connectivity index (χ3n) is 2.96. The van der Waals surface area contributed by atoms with Crippen molar-refractivity contribution in [2.75, 3.05) is 20.1 Å². The topological polar surface area (TPSA) is 46.3 Å². The molecule has 0 bridgehead atoms. The lowest BCUT2D eigenvalue weighted by Gasteiger charge is -2.17. The quantitative estimate of drug-likeness (QED) is 0.771. The molecule has 1 rings (SSSR count). The van der Waals surface area contributed by atoms with Crippen molar-refractivity contribution in [3.63, 3.8) is 0 Å². The lowest BCUT2D eigenvalue weighted by atomic mass is 10.1. The van der Waals surface area contributed by atoms with Crippen LogP contribution in [0.25, 0.3) is 0 Å². The van der Waals surface area contributed by atoms with Crippen molar-refractivity contribution in [1.82, 2.24) is 4.90 Å². The van der Waals surface area contributed by atoms with E-state index in [4.69, 9.17) is 5.73 Å². The minimum atomic E-state index is -0.920. The van der Waals surface area contributed by atoms with Crippen molar-refractivity contribution >= 4 is 5.91 Å². The number of amides is 1. The fourth-order valence-electron chi connectivity index (χ4n) is 1.75. The SMILES string of the molecule is CN(CCCCCN)C(=O)Cc1ccc(F)c(F)c1. The molecule has 19 heavy (non-hydrogen) atoms. The zero-order valence-corrected chi connectivity index (χ0v) is 11.2. The zero-order valence-electron chi connectivity index (χ0n) is 11.2. The predicted octanol–water partition coefficient (Wildman–Crippen LogP) is 2.09. The van der Waals surface area contributed by atoms with Gasteiger partial charge >= 0.3 is 0 Å². The van der Waals surface area contributed by atoms with Crippen LogP contribution in [-0.2, 0) is 11.2 Å². The Morgan fingerprint density at radius 1 is 1.21 bits per heavy atom. The average Bonchev–Trinajstić information content (AvgIpc) is 2.38. The van der Waals surface area contributed by atoms with E-state index < -0.39 is 11.6 Å². The Morgan fingerprint density at radius 3 is 2.58 bits per heavy atom. The maximum absolute atomic E-state index is 13.0. The van der Waals surface area contributed by atoms with Crippen molar-refractivity contribution in [3.8, 4) is 0 Å². The van der Waals surface area contributed by atoms with E-state index in [9.17, 15) is 13.6 Å². The van der Waals surface area contributed by atoms with Crippen LogP contribution in [0, 0.1) is 11.6 Å². The van der Waals surface area contributed by atoms with Crippen LogP contribution in [0.3, 0.4) is 0 Å². The number of carbonyl (C=O) groups is 1. The molecule has 0 spiro atoms. The maximum atomic E-state index is 13.0. The second kappa shape index (κ2) is 7.84. The minimum Gasteiger partial charge on any atom is -0.345 e. The normalized spacial score (nSPS) is 10.5. The summed E-state index contributed by atoms with van der Waals surface area (Å²) in [5.74, 6) is -1.92. The molecule has 2 N–H and O–H groups in total. The van der Waals surface area contributed by atoms with Gasteiger partial charge in [0.15, 0.2) is 11.6 Å². The molecule has 0 saturated heterocycles. The second-order valence-corrected chi connectivity index (χ2v) is 4.59. The summed E-state index contributed by atoms with van der Waals surface area (Å²) in [4.78, 5) is 13.5. The van der Waals surface area contributed by atoms with Gasteiger partial charge in [0.05, 0.1) is 6.42 Å². The van der Waals surface area contributed by atoms with E-state index in [0.29, 0.717) is 18.7 Å². The lowest BCUT2D eigenvalue weighted by Crippen LogP contribution is -2.29. The summed E-state index contributed by atoms with van der Waals surface area (Å²) in [5, 5.41) is 0. The van der Waals surface area contributed by atoms with Crippen molar-refractivity contribution in [2.24, 2.45) is 5.73 Å². The molecule has 0 aromatic heterocycles. The number of nitrogens with zero attached hydrogens (tertiary/aromatic N) is 1. The predicted molar refractivity (Wildman–Crippen MR) is 70.6 cm³/mol. The molecular formula is C14H20F2N2O. The molecule has 1 amide bonds. The lowest BCUT2D eigenvalue weighted by molar-refractivity contribution is -0.129. The van der Waals surface area contributed by atoms with Gasteiger partial charge in [-0.3, -0.25) is 4.79 Å². The fraction of sp³-hybridized carbons (Fsp3) is 0.500. The molecule has 1 aromatic rings. The third-order valence-corrected chi connectivity index (χ3v) is 2.96. The molecule has 0 aliphatic carbocycles. The number of halogens is 2. The van der Waals surface area contributed by atoms with Gasteiger partial charge in [-0.1, -0.05) is 12.5 Å². The first-order valence-electron chi connectivity index (χ1n) is 6.42. The molecule has 0 heterocycles. The third kappa shape index (κ3) is 5.34. The summed E-state index contributed by atoms with van der Waals surface area (Å²) < 4.78 is 25.8. The van der Waals surface area contributed by atoms with Crippen LogP contribution in [0.2, 0.25) is 0 Å². The van der Waals surface area contributed by atoms with Crippen LogP contribution >= 0.6 is 0 Å². The van der Waals surface area contributed by atoms with Gasteiger partial charge in [-0.25, -0.2) is 8.78 Å². The van der Waals surface area contributed by atoms with Crippen molar-refractivity contribution < 1.29 is 13.6 Å². The molecule has 3 nitrogen and oxygen atoms in total. The highest BCUT2D eigenvalue weighted by Crippen LogP contribution is 2.10. The van der Waals surface area contributed by atoms with Crippen LogP contribution in [0.5, 0.6) is 0 Å². The first-order chi connectivity index (χ1) is 9.04. The van der Waals surface area contributed by atoms with Gasteiger partial charge in [0.1, 0.15) is 0 Å². The Bertz CT molecular complexity index is 424. The highest BCUT2D eigenvalue weighted by atomic mass is 19.2. The highest BCUT2D eigenvalue weighted by Gasteiger charge is 2.11. The Labute approximate surface area is 112 Å². The molecular weight excluding hydrogens is 250 g/mol. The van der Waals surface area contributed by atoms with E-state index in [-0.39, 0.29) is 12.3 Å². The first-order valence-corrected chi connectivity index (χ1v) is 6.42. The van der Waals surface area contributed by atoms with Gasteiger partial charge in [-0.05, 0) is 37.1 Å². The van der Waals surface area contributed by atoms with Crippen LogP contribution < -0.4 is 5.73 Å². The molecule has 0 radical (unpaired) electrons. The number of carbonyl (C=O) groups excluding carboxylic acids is 1. The van der Waals surface area contributed by atoms with E-state index in [1.54, 1.807) is 11.9 Å². The van der Waals surface area contributed by atoms with Gasteiger partial charge in [0.25, 0.3) is 0 Å². The van der Waals surface area contributed by atoms with Gasteiger partial charge in [0.2, 0.25) is 5.91 Å². The molecule has 106 valence electrons. The first kappa shape index (κ1) is 15.6. The van der Waals surface area contributed by atoms with Gasteiger partial charge in [-0.15, -0.1) is 0 Å². The van der Waals surface area contributed by atoms with Crippen LogP contribution in [-0.4, -0.2) is 30.9 Å². The largest absolute Gasteiger partial charge is 0.345 e. The van der Waals surface area contributed by atoms with E-state index >= 15 is 0 Å². The van der Waals surface area contributed by atoms with Gasteiger partial charge < -0.3 is 10.6 Å². The molecule has 0 aliphatic heterocycles. The van der Waals surface area contributed by atoms with E-state index in [1.807, 2.05) is 0 Å². The fourth-order valence-corrected chi connectivity index (χ4v) is 1.75. The summed E-state index contributed by atoms with van der Waals surface area (Å²) in [6.07, 6.45) is 2.92. The number of nitrogens with two attached hydrogens (primary N) is 1. The van der Waals surface area contributed by atoms with Crippen LogP contribution in [0.15, 0.2) is 18.2 Å². The van der Waals surface area contributed by atoms with Crippen molar-refractivity contribution in [3.05, 3.63) is 35.4 Å². The smallest absolute Gasteiger partial charge is 0.226 e. The number of hydrogen-bond acceptors (Lipinski definition) is 2. The number of benzene rings is 1. The molecule has 0 saturated carbocycles. The molecule has 1 aromatic carbocycles. The zero-order chi connectivity index (χ0) is 14.3. The van der Waals surface area contributed by atoms with Gasteiger partial charge in [-0.2, -0.15) is 0 Å². The Hall–Kier alpha value is -1.49. The molecule has 0 fully saturated rings. The number of hydrogen-bond donors (Lipinski definition) is 1. The highest BCUT2D eigenvalue weighted by molar-refractivity contribution is 5.78. The summed E-state index contributed by atoms with van der Waals surface area (Å²) in [7, 11) is 1.71. The monoisotopic (exact) mass is 270 g/mol. The Balaban J connectivity index is 2.42. The number of likely N-dealkylation sites (N-methyl/N-ethyl adjacent to an activating group) is 1. The van der Waals surface area contributed by atoms with Gasteiger partial charge in [0, 0.05) is 13.6 Å². The minimum absolute atomic E-state index is 0.0879. The standard InChI is InChI=1S/C14H20F2N2O/c1-18(8-4-2-3-7-17)14(19)10-11-5-6-12(15)13(16)9-11/h5-6,9H,2-4,7-8,10,17H2,1H3. The second-order valence-electron chi connectivity index (χ2n) is 4.59. The molecule has 0 unspecified atom stereocenters. The maximum Gasteiger partial charge on any atom is 0.226 e. The summed E-state index contributed by atoms with van der Waals surface area (Å²) in [6, 6.07) is 3.53. The molecule has 0 aliphatic rings. The Morgan fingerprint density at radius 2 is 1.95 bits per heavy atom. The molecule has 5 heteroatoms. The summed E-state index contributed by atoms with van der Waals surface area (Å²) in [6.45, 7) is 1.31. The number of rotatable bonds is 7. The Kier molecular flexibility index (Phi) is 6.42. The van der Waals surface area contributed by atoms with Crippen LogP contribution in [0.1, 0.15) is 24.8 Å².